The van der Waals surface area contributed by atoms with E-state index in [0.717, 1.165) is 0 Å². The van der Waals surface area contributed by atoms with Gasteiger partial charge in [-0.2, -0.15) is 0 Å². The topological polar surface area (TPSA) is 96.9 Å². The van der Waals surface area contributed by atoms with E-state index in [2.05, 4.69) is 10.6 Å². The Morgan fingerprint density at radius 1 is 1.35 bits per heavy atom. The standard InChI is InChI=1S/C15H21ClN2O5/c1-22-7-3-6-17-12(15(20)21)9-14(19)18-11-8-10(16)4-5-13(11)23-2/h4-5,8,12,17H,3,6-7,9H2,1-2H3,(H,18,19)(H,20,21)/t12-/m0/s1. The summed E-state index contributed by atoms with van der Waals surface area (Å²) < 4.78 is 10.0. The van der Waals surface area contributed by atoms with Gasteiger partial charge in [-0.3, -0.25) is 9.59 Å². The van der Waals surface area contributed by atoms with Gasteiger partial charge >= 0.3 is 5.97 Å². The zero-order valence-corrected chi connectivity index (χ0v) is 13.9. The van der Waals surface area contributed by atoms with Crippen LogP contribution in [0.15, 0.2) is 18.2 Å². The lowest BCUT2D eigenvalue weighted by Crippen LogP contribution is -2.40. The summed E-state index contributed by atoms with van der Waals surface area (Å²) >= 11 is 5.89. The number of carbonyl (C=O) groups excluding carboxylic acids is 1. The minimum absolute atomic E-state index is 0.210. The Hall–Kier alpha value is -1.83. The fourth-order valence-electron chi connectivity index (χ4n) is 1.90. The number of halogens is 1. The third kappa shape index (κ3) is 6.85. The Kier molecular flexibility index (Phi) is 8.39. The maximum absolute atomic E-state index is 12.1. The molecule has 0 aromatic heterocycles. The maximum atomic E-state index is 12.1. The summed E-state index contributed by atoms with van der Waals surface area (Å²) in [6, 6.07) is 3.82. The number of benzene rings is 1. The van der Waals surface area contributed by atoms with Gasteiger partial charge in [-0.05, 0) is 31.2 Å². The van der Waals surface area contributed by atoms with Crippen molar-refractivity contribution in [3.63, 3.8) is 0 Å². The van der Waals surface area contributed by atoms with E-state index in [1.54, 1.807) is 25.3 Å². The Morgan fingerprint density at radius 2 is 2.09 bits per heavy atom. The average molecular weight is 345 g/mol. The van der Waals surface area contributed by atoms with Gasteiger partial charge in [-0.15, -0.1) is 0 Å². The lowest BCUT2D eigenvalue weighted by molar-refractivity contribution is -0.141. The van der Waals surface area contributed by atoms with Crippen LogP contribution in [-0.2, 0) is 14.3 Å². The van der Waals surface area contributed by atoms with Gasteiger partial charge in [0, 0.05) is 18.7 Å². The number of carboxylic acid groups (broad SMARTS) is 1. The molecule has 1 amide bonds. The first-order valence-corrected chi connectivity index (χ1v) is 7.44. The lowest BCUT2D eigenvalue weighted by Gasteiger charge is -2.15. The first-order valence-electron chi connectivity index (χ1n) is 7.06. The molecule has 0 fully saturated rings. The van der Waals surface area contributed by atoms with Gasteiger partial charge in [-0.25, -0.2) is 0 Å². The lowest BCUT2D eigenvalue weighted by atomic mass is 10.2. The molecule has 128 valence electrons. The molecule has 0 unspecified atom stereocenters. The number of methoxy groups -OCH3 is 2. The normalized spacial score (nSPS) is 11.8. The summed E-state index contributed by atoms with van der Waals surface area (Å²) in [5, 5.41) is 15.0. The van der Waals surface area contributed by atoms with E-state index >= 15 is 0 Å². The number of nitrogens with one attached hydrogen (secondary N) is 2. The summed E-state index contributed by atoms with van der Waals surface area (Å²) in [6.07, 6.45) is 0.446. The number of carbonyl (C=O) groups is 2. The third-order valence-electron chi connectivity index (χ3n) is 3.04. The summed E-state index contributed by atoms with van der Waals surface area (Å²) in [7, 11) is 3.04. The van der Waals surface area contributed by atoms with Crippen LogP contribution in [0.3, 0.4) is 0 Å². The number of rotatable bonds is 10. The van der Waals surface area contributed by atoms with Gasteiger partial charge in [0.25, 0.3) is 0 Å². The Morgan fingerprint density at radius 3 is 2.70 bits per heavy atom. The molecule has 1 aromatic carbocycles. The van der Waals surface area contributed by atoms with Crippen LogP contribution >= 0.6 is 11.6 Å². The molecule has 1 rings (SSSR count). The van der Waals surface area contributed by atoms with Crippen LogP contribution < -0.4 is 15.4 Å². The predicted molar refractivity (Wildman–Crippen MR) is 87.2 cm³/mol. The largest absolute Gasteiger partial charge is 0.495 e. The molecule has 0 aliphatic carbocycles. The highest BCUT2D eigenvalue weighted by Gasteiger charge is 2.21. The fraction of sp³-hybridized carbons (Fsp3) is 0.467. The van der Waals surface area contributed by atoms with Gasteiger partial charge in [0.1, 0.15) is 11.8 Å². The second-order valence-corrected chi connectivity index (χ2v) is 5.22. The van der Waals surface area contributed by atoms with Gasteiger partial charge in [0.15, 0.2) is 0 Å². The minimum atomic E-state index is -1.09. The van der Waals surface area contributed by atoms with Crippen LogP contribution in [0.25, 0.3) is 0 Å². The number of carboxylic acids is 1. The molecule has 0 saturated heterocycles. The number of anilines is 1. The van der Waals surface area contributed by atoms with Crippen molar-refractivity contribution in [1.82, 2.24) is 5.32 Å². The Labute approximate surface area is 139 Å². The second kappa shape index (κ2) is 10.0. The van der Waals surface area contributed by atoms with Gasteiger partial charge in [0.2, 0.25) is 5.91 Å². The highest BCUT2D eigenvalue weighted by atomic mass is 35.5. The van der Waals surface area contributed by atoms with Crippen LogP contribution in [0.2, 0.25) is 5.02 Å². The van der Waals surface area contributed by atoms with E-state index in [0.29, 0.717) is 36.0 Å². The van der Waals surface area contributed by atoms with Crippen molar-refractivity contribution >= 4 is 29.2 Å². The molecular formula is C15H21ClN2O5. The summed E-state index contributed by atoms with van der Waals surface area (Å²) in [5.41, 5.74) is 0.397. The van der Waals surface area contributed by atoms with Crippen molar-refractivity contribution in [3.8, 4) is 5.75 Å². The van der Waals surface area contributed by atoms with Crippen LogP contribution in [0, 0.1) is 0 Å². The van der Waals surface area contributed by atoms with Crippen molar-refractivity contribution in [2.24, 2.45) is 0 Å². The van der Waals surface area contributed by atoms with Gasteiger partial charge < -0.3 is 25.2 Å². The predicted octanol–water partition coefficient (Wildman–Crippen LogP) is 1.76. The van der Waals surface area contributed by atoms with Crippen LogP contribution in [0.1, 0.15) is 12.8 Å². The molecule has 7 nitrogen and oxygen atoms in total. The first-order chi connectivity index (χ1) is 11.0. The SMILES string of the molecule is COCCCN[C@@H](CC(=O)Nc1cc(Cl)ccc1OC)C(=O)O. The van der Waals surface area contributed by atoms with E-state index in [4.69, 9.17) is 21.1 Å². The molecule has 0 bridgehead atoms. The zero-order valence-electron chi connectivity index (χ0n) is 13.1. The Balaban J connectivity index is 2.62. The van der Waals surface area contributed by atoms with Gasteiger partial charge in [0.05, 0.1) is 19.2 Å². The second-order valence-electron chi connectivity index (χ2n) is 4.79. The van der Waals surface area contributed by atoms with Crippen molar-refractivity contribution in [1.29, 1.82) is 0 Å². The number of hydrogen-bond acceptors (Lipinski definition) is 5. The molecule has 8 heteroatoms. The minimum Gasteiger partial charge on any atom is -0.495 e. The molecule has 0 radical (unpaired) electrons. The third-order valence-corrected chi connectivity index (χ3v) is 3.27. The summed E-state index contributed by atoms with van der Waals surface area (Å²) in [4.78, 5) is 23.3. The van der Waals surface area contributed by atoms with E-state index in [9.17, 15) is 14.7 Å². The van der Waals surface area contributed by atoms with Crippen molar-refractivity contribution in [2.75, 3.05) is 32.7 Å². The smallest absolute Gasteiger partial charge is 0.321 e. The number of ether oxygens (including phenoxy) is 2. The molecule has 1 aromatic rings. The first kappa shape index (κ1) is 19.2. The molecule has 0 aliphatic rings. The number of aliphatic carboxylic acids is 1. The fourth-order valence-corrected chi connectivity index (χ4v) is 2.08. The average Bonchev–Trinajstić information content (AvgIpc) is 2.50. The summed E-state index contributed by atoms with van der Waals surface area (Å²) in [6.45, 7) is 0.962. The molecule has 0 spiro atoms. The summed E-state index contributed by atoms with van der Waals surface area (Å²) in [5.74, 6) is -1.09. The van der Waals surface area contributed by atoms with E-state index in [1.165, 1.54) is 7.11 Å². The maximum Gasteiger partial charge on any atom is 0.321 e. The molecular weight excluding hydrogens is 324 g/mol. The molecule has 0 heterocycles. The van der Waals surface area contributed by atoms with Gasteiger partial charge in [-0.1, -0.05) is 11.6 Å². The van der Waals surface area contributed by atoms with Crippen molar-refractivity contribution < 1.29 is 24.2 Å². The molecule has 3 N–H and O–H groups in total. The van der Waals surface area contributed by atoms with Crippen molar-refractivity contribution in [3.05, 3.63) is 23.2 Å². The molecule has 0 aliphatic heterocycles. The van der Waals surface area contributed by atoms with Crippen LogP contribution in [-0.4, -0.2) is 50.4 Å². The number of amides is 1. The zero-order chi connectivity index (χ0) is 17.2. The number of hydrogen-bond donors (Lipinski definition) is 3. The van der Waals surface area contributed by atoms with Crippen LogP contribution in [0.5, 0.6) is 5.75 Å². The van der Waals surface area contributed by atoms with Crippen molar-refractivity contribution in [2.45, 2.75) is 18.9 Å². The van der Waals surface area contributed by atoms with E-state index in [1.807, 2.05) is 0 Å². The quantitative estimate of drug-likeness (QED) is 0.560. The molecule has 0 saturated carbocycles. The highest BCUT2D eigenvalue weighted by molar-refractivity contribution is 6.31. The highest BCUT2D eigenvalue weighted by Crippen LogP contribution is 2.27. The monoisotopic (exact) mass is 344 g/mol. The van der Waals surface area contributed by atoms with E-state index < -0.39 is 17.9 Å². The molecule has 23 heavy (non-hydrogen) atoms. The van der Waals surface area contributed by atoms with Crippen LogP contribution in [0.4, 0.5) is 5.69 Å². The molecule has 1 atom stereocenters. The Bertz CT molecular complexity index is 539. The van der Waals surface area contributed by atoms with E-state index in [-0.39, 0.29) is 6.42 Å².